The van der Waals surface area contributed by atoms with E-state index in [0.29, 0.717) is 17.8 Å². The smallest absolute Gasteiger partial charge is 0.293 e. The lowest BCUT2D eigenvalue weighted by Gasteiger charge is -2.22. The van der Waals surface area contributed by atoms with Crippen LogP contribution in [0.4, 0.5) is 17.1 Å². The zero-order valence-corrected chi connectivity index (χ0v) is 15.6. The summed E-state index contributed by atoms with van der Waals surface area (Å²) in [6.45, 7) is 1.59. The Morgan fingerprint density at radius 1 is 1.11 bits per heavy atom. The van der Waals surface area contributed by atoms with Gasteiger partial charge < -0.3 is 10.2 Å². The molecule has 1 fully saturated rings. The molecule has 7 nitrogen and oxygen atoms in total. The number of carbonyl (C=O) groups is 1. The van der Waals surface area contributed by atoms with Crippen molar-refractivity contribution in [3.8, 4) is 6.07 Å². The molecule has 0 radical (unpaired) electrons. The molecule has 0 aliphatic carbocycles. The van der Waals surface area contributed by atoms with Crippen LogP contribution in [0, 0.1) is 21.4 Å². The zero-order valence-electron chi connectivity index (χ0n) is 15.6. The lowest BCUT2D eigenvalue weighted by molar-refractivity contribution is -0.384. The number of hydrogen-bond acceptors (Lipinski definition) is 5. The standard InChI is InChI=1S/C21H22N4O3/c22-12-11-16-5-8-18(9-6-16)23-21(26)17-7-10-19(20(15-17)25(27)28)24-13-3-1-2-4-14-24/h5-10,15H,1-4,11,13-14H2,(H,23,26). The molecule has 2 aromatic rings. The van der Waals surface area contributed by atoms with E-state index >= 15 is 0 Å². The molecule has 0 unspecified atom stereocenters. The molecule has 1 amide bonds. The van der Waals surface area contributed by atoms with E-state index in [2.05, 4.69) is 11.4 Å². The molecule has 3 rings (SSSR count). The molecule has 1 heterocycles. The van der Waals surface area contributed by atoms with Gasteiger partial charge in [0.25, 0.3) is 11.6 Å². The van der Waals surface area contributed by atoms with Gasteiger partial charge in [0, 0.05) is 30.4 Å². The normalized spacial score (nSPS) is 14.0. The van der Waals surface area contributed by atoms with Crippen LogP contribution >= 0.6 is 0 Å². The third kappa shape index (κ3) is 4.65. The molecule has 0 saturated carbocycles. The number of anilines is 2. The number of hydrogen-bond donors (Lipinski definition) is 1. The summed E-state index contributed by atoms with van der Waals surface area (Å²) >= 11 is 0. The number of benzene rings is 2. The Labute approximate surface area is 163 Å². The molecule has 0 aromatic heterocycles. The van der Waals surface area contributed by atoms with E-state index in [-0.39, 0.29) is 11.3 Å². The molecular weight excluding hydrogens is 356 g/mol. The minimum Gasteiger partial charge on any atom is -0.366 e. The van der Waals surface area contributed by atoms with Crippen LogP contribution in [0.2, 0.25) is 0 Å². The van der Waals surface area contributed by atoms with Crippen LogP contribution in [0.1, 0.15) is 41.6 Å². The second-order valence-electron chi connectivity index (χ2n) is 6.85. The van der Waals surface area contributed by atoms with Crippen molar-refractivity contribution in [1.29, 1.82) is 5.26 Å². The molecule has 28 heavy (non-hydrogen) atoms. The number of nitrogens with zero attached hydrogens (tertiary/aromatic N) is 3. The maximum absolute atomic E-state index is 12.5. The third-order valence-electron chi connectivity index (χ3n) is 4.88. The van der Waals surface area contributed by atoms with E-state index in [1.165, 1.54) is 6.07 Å². The Morgan fingerprint density at radius 3 is 2.39 bits per heavy atom. The molecule has 144 valence electrons. The number of rotatable bonds is 5. The van der Waals surface area contributed by atoms with E-state index < -0.39 is 10.8 Å². The number of carbonyl (C=O) groups excluding carboxylic acids is 1. The Kier molecular flexibility index (Phi) is 6.22. The minimum absolute atomic E-state index is 0.0427. The molecule has 2 aromatic carbocycles. The fraction of sp³-hybridized carbons (Fsp3) is 0.333. The number of nitrogens with one attached hydrogen (secondary N) is 1. The van der Waals surface area contributed by atoms with Gasteiger partial charge in [-0.2, -0.15) is 5.26 Å². The lowest BCUT2D eigenvalue weighted by atomic mass is 10.1. The van der Waals surface area contributed by atoms with Gasteiger partial charge in [0.15, 0.2) is 0 Å². The van der Waals surface area contributed by atoms with Crippen LogP contribution in [-0.2, 0) is 6.42 Å². The monoisotopic (exact) mass is 378 g/mol. The lowest BCUT2D eigenvalue weighted by Crippen LogP contribution is -2.25. The predicted octanol–water partition coefficient (Wildman–Crippen LogP) is 4.29. The van der Waals surface area contributed by atoms with Gasteiger partial charge in [0.05, 0.1) is 17.4 Å². The van der Waals surface area contributed by atoms with Crippen molar-refractivity contribution in [3.63, 3.8) is 0 Å². The molecule has 1 aliphatic heterocycles. The third-order valence-corrected chi connectivity index (χ3v) is 4.88. The van der Waals surface area contributed by atoms with E-state index in [9.17, 15) is 14.9 Å². The first kappa shape index (κ1) is 19.4. The summed E-state index contributed by atoms with van der Waals surface area (Å²) < 4.78 is 0. The average molecular weight is 378 g/mol. The first-order valence-corrected chi connectivity index (χ1v) is 9.39. The second-order valence-corrected chi connectivity index (χ2v) is 6.85. The van der Waals surface area contributed by atoms with Crippen molar-refractivity contribution in [2.45, 2.75) is 32.1 Å². The molecule has 1 aliphatic rings. The van der Waals surface area contributed by atoms with Crippen LogP contribution in [0.5, 0.6) is 0 Å². The highest BCUT2D eigenvalue weighted by atomic mass is 16.6. The van der Waals surface area contributed by atoms with E-state index in [1.54, 1.807) is 36.4 Å². The Hall–Kier alpha value is -3.40. The molecule has 7 heteroatoms. The van der Waals surface area contributed by atoms with Gasteiger partial charge in [-0.15, -0.1) is 0 Å². The van der Waals surface area contributed by atoms with Crippen molar-refractivity contribution >= 4 is 23.0 Å². The molecule has 0 spiro atoms. The van der Waals surface area contributed by atoms with Crippen LogP contribution < -0.4 is 10.2 Å². The van der Waals surface area contributed by atoms with Gasteiger partial charge in [-0.05, 0) is 42.7 Å². The van der Waals surface area contributed by atoms with E-state index in [1.807, 2.05) is 4.90 Å². The topological polar surface area (TPSA) is 99.3 Å². The Bertz CT molecular complexity index is 895. The van der Waals surface area contributed by atoms with Crippen molar-refractivity contribution in [1.82, 2.24) is 0 Å². The van der Waals surface area contributed by atoms with Gasteiger partial charge in [-0.25, -0.2) is 0 Å². The summed E-state index contributed by atoms with van der Waals surface area (Å²) in [5, 5.41) is 23.1. The first-order chi connectivity index (χ1) is 13.6. The van der Waals surface area contributed by atoms with Crippen molar-refractivity contribution in [2.24, 2.45) is 0 Å². The summed E-state index contributed by atoms with van der Waals surface area (Å²) in [7, 11) is 0. The predicted molar refractivity (Wildman–Crippen MR) is 107 cm³/mol. The summed E-state index contributed by atoms with van der Waals surface area (Å²) in [6.07, 6.45) is 4.61. The zero-order chi connectivity index (χ0) is 19.9. The average Bonchev–Trinajstić information content (AvgIpc) is 2.98. The molecule has 1 saturated heterocycles. The largest absolute Gasteiger partial charge is 0.366 e. The minimum atomic E-state index is -0.423. The van der Waals surface area contributed by atoms with Gasteiger partial charge in [-0.1, -0.05) is 25.0 Å². The van der Waals surface area contributed by atoms with Crippen molar-refractivity contribution in [3.05, 3.63) is 63.7 Å². The number of amides is 1. The summed E-state index contributed by atoms with van der Waals surface area (Å²) in [6, 6.07) is 13.7. The summed E-state index contributed by atoms with van der Waals surface area (Å²) in [5.41, 5.74) is 2.21. The van der Waals surface area contributed by atoms with Gasteiger partial charge >= 0.3 is 0 Å². The molecule has 0 atom stereocenters. The fourth-order valence-electron chi connectivity index (χ4n) is 3.39. The highest BCUT2D eigenvalue weighted by Gasteiger charge is 2.22. The van der Waals surface area contributed by atoms with Gasteiger partial charge in [0.1, 0.15) is 5.69 Å². The molecular formula is C21H22N4O3. The van der Waals surface area contributed by atoms with Crippen LogP contribution in [0.3, 0.4) is 0 Å². The Morgan fingerprint density at radius 2 is 1.79 bits per heavy atom. The number of nitro benzene ring substituents is 1. The van der Waals surface area contributed by atoms with E-state index in [4.69, 9.17) is 5.26 Å². The maximum Gasteiger partial charge on any atom is 0.293 e. The van der Waals surface area contributed by atoms with Crippen LogP contribution in [0.15, 0.2) is 42.5 Å². The van der Waals surface area contributed by atoms with Gasteiger partial charge in [-0.3, -0.25) is 14.9 Å². The highest BCUT2D eigenvalue weighted by molar-refractivity contribution is 6.05. The highest BCUT2D eigenvalue weighted by Crippen LogP contribution is 2.31. The SMILES string of the molecule is N#CCc1ccc(NC(=O)c2ccc(N3CCCCCC3)c([N+](=O)[O-])c2)cc1. The maximum atomic E-state index is 12.5. The number of nitro groups is 1. The van der Waals surface area contributed by atoms with E-state index in [0.717, 1.165) is 44.3 Å². The Balaban J connectivity index is 1.79. The summed E-state index contributed by atoms with van der Waals surface area (Å²) in [4.78, 5) is 25.8. The quantitative estimate of drug-likeness (QED) is 0.618. The molecule has 1 N–H and O–H groups in total. The first-order valence-electron chi connectivity index (χ1n) is 9.39. The summed E-state index contributed by atoms with van der Waals surface area (Å²) in [5.74, 6) is -0.404. The van der Waals surface area contributed by atoms with Gasteiger partial charge in [0.2, 0.25) is 0 Å². The second kappa shape index (κ2) is 9.00. The fourth-order valence-corrected chi connectivity index (χ4v) is 3.39. The van der Waals surface area contributed by atoms with Crippen LogP contribution in [0.25, 0.3) is 0 Å². The van der Waals surface area contributed by atoms with Crippen molar-refractivity contribution in [2.75, 3.05) is 23.3 Å². The van der Waals surface area contributed by atoms with Crippen molar-refractivity contribution < 1.29 is 9.72 Å². The number of nitriles is 1. The molecule has 0 bridgehead atoms. The van der Waals surface area contributed by atoms with Crippen LogP contribution in [-0.4, -0.2) is 23.9 Å².